The minimum absolute atomic E-state index is 0.324. The van der Waals surface area contributed by atoms with E-state index < -0.39 is 0 Å². The topological polar surface area (TPSA) is 54.2 Å². The number of likely N-dealkylation sites (N-methyl/N-ethyl adjacent to an activating group) is 1. The zero-order chi connectivity index (χ0) is 15.1. The highest BCUT2D eigenvalue weighted by Gasteiger charge is 2.17. The Labute approximate surface area is 127 Å². The second-order valence-electron chi connectivity index (χ2n) is 5.00. The van der Waals surface area contributed by atoms with Gasteiger partial charge in [-0.3, -0.25) is 4.90 Å². The first-order valence-electron chi connectivity index (χ1n) is 7.49. The SMILES string of the molecule is CCN(CC)C(CNc1cc(N)ccn1)c1ccccc1. The molecule has 3 N–H and O–H groups in total. The van der Waals surface area contributed by atoms with E-state index in [1.807, 2.05) is 6.07 Å². The summed E-state index contributed by atoms with van der Waals surface area (Å²) in [5.74, 6) is 0.822. The molecular weight excluding hydrogens is 260 g/mol. The summed E-state index contributed by atoms with van der Waals surface area (Å²) < 4.78 is 0. The quantitative estimate of drug-likeness (QED) is 0.820. The third-order valence-corrected chi connectivity index (χ3v) is 3.70. The van der Waals surface area contributed by atoms with Crippen LogP contribution in [0.25, 0.3) is 0 Å². The van der Waals surface area contributed by atoms with Crippen molar-refractivity contribution in [3.63, 3.8) is 0 Å². The van der Waals surface area contributed by atoms with Gasteiger partial charge in [0, 0.05) is 24.5 Å². The highest BCUT2D eigenvalue weighted by Crippen LogP contribution is 2.21. The van der Waals surface area contributed by atoms with Crippen LogP contribution in [0, 0.1) is 0 Å². The highest BCUT2D eigenvalue weighted by atomic mass is 15.2. The lowest BCUT2D eigenvalue weighted by molar-refractivity contribution is 0.228. The average Bonchev–Trinajstić information content (AvgIpc) is 2.52. The zero-order valence-electron chi connectivity index (χ0n) is 12.8. The summed E-state index contributed by atoms with van der Waals surface area (Å²) >= 11 is 0. The van der Waals surface area contributed by atoms with Gasteiger partial charge < -0.3 is 11.1 Å². The van der Waals surface area contributed by atoms with Crippen LogP contribution in [0.1, 0.15) is 25.5 Å². The van der Waals surface area contributed by atoms with E-state index in [1.54, 1.807) is 12.3 Å². The molecule has 4 heteroatoms. The van der Waals surface area contributed by atoms with Crippen molar-refractivity contribution < 1.29 is 0 Å². The van der Waals surface area contributed by atoms with Gasteiger partial charge in [-0.05, 0) is 24.7 Å². The van der Waals surface area contributed by atoms with Crippen molar-refractivity contribution in [3.05, 3.63) is 54.2 Å². The first-order valence-corrected chi connectivity index (χ1v) is 7.49. The van der Waals surface area contributed by atoms with E-state index in [-0.39, 0.29) is 0 Å². The average molecular weight is 284 g/mol. The van der Waals surface area contributed by atoms with Gasteiger partial charge in [-0.2, -0.15) is 0 Å². The lowest BCUT2D eigenvalue weighted by Gasteiger charge is -2.30. The lowest BCUT2D eigenvalue weighted by Crippen LogP contribution is -2.33. The van der Waals surface area contributed by atoms with E-state index >= 15 is 0 Å². The van der Waals surface area contributed by atoms with Crippen LogP contribution in [-0.4, -0.2) is 29.5 Å². The van der Waals surface area contributed by atoms with Gasteiger partial charge in [-0.15, -0.1) is 0 Å². The Morgan fingerprint density at radius 2 is 1.86 bits per heavy atom. The van der Waals surface area contributed by atoms with Gasteiger partial charge in [0.05, 0.1) is 6.04 Å². The van der Waals surface area contributed by atoms with E-state index in [9.17, 15) is 0 Å². The number of hydrogen-bond acceptors (Lipinski definition) is 4. The summed E-state index contributed by atoms with van der Waals surface area (Å²) in [6, 6.07) is 14.6. The molecule has 0 amide bonds. The van der Waals surface area contributed by atoms with Crippen LogP contribution >= 0.6 is 0 Å². The molecule has 0 bridgehead atoms. The predicted molar refractivity (Wildman–Crippen MR) is 89.2 cm³/mol. The van der Waals surface area contributed by atoms with Gasteiger partial charge >= 0.3 is 0 Å². The van der Waals surface area contributed by atoms with Crippen molar-refractivity contribution >= 4 is 11.5 Å². The first kappa shape index (κ1) is 15.3. The number of nitrogens with zero attached hydrogens (tertiary/aromatic N) is 2. The molecular formula is C17H24N4. The number of nitrogens with two attached hydrogens (primary N) is 1. The Kier molecular flexibility index (Phi) is 5.58. The molecule has 1 unspecified atom stereocenters. The minimum atomic E-state index is 0.324. The fourth-order valence-corrected chi connectivity index (χ4v) is 2.54. The van der Waals surface area contributed by atoms with Crippen LogP contribution in [0.3, 0.4) is 0 Å². The summed E-state index contributed by atoms with van der Waals surface area (Å²) in [5, 5.41) is 3.40. The van der Waals surface area contributed by atoms with Crippen LogP contribution in [0.2, 0.25) is 0 Å². The fourth-order valence-electron chi connectivity index (χ4n) is 2.54. The van der Waals surface area contributed by atoms with Crippen molar-refractivity contribution in [2.75, 3.05) is 30.7 Å². The van der Waals surface area contributed by atoms with Crippen LogP contribution in [0.5, 0.6) is 0 Å². The zero-order valence-corrected chi connectivity index (χ0v) is 12.8. The van der Waals surface area contributed by atoms with Crippen molar-refractivity contribution in [1.82, 2.24) is 9.88 Å². The van der Waals surface area contributed by atoms with Gasteiger partial charge in [0.1, 0.15) is 5.82 Å². The number of pyridine rings is 1. The number of hydrogen-bond donors (Lipinski definition) is 2. The molecule has 0 radical (unpaired) electrons. The van der Waals surface area contributed by atoms with Crippen molar-refractivity contribution in [2.45, 2.75) is 19.9 Å². The molecule has 1 heterocycles. The molecule has 1 aromatic heterocycles. The van der Waals surface area contributed by atoms with Gasteiger partial charge in [-0.25, -0.2) is 4.98 Å². The molecule has 0 spiro atoms. The largest absolute Gasteiger partial charge is 0.399 e. The number of aromatic nitrogens is 1. The van der Waals surface area contributed by atoms with E-state index in [0.717, 1.165) is 31.1 Å². The van der Waals surface area contributed by atoms with Crippen LogP contribution < -0.4 is 11.1 Å². The summed E-state index contributed by atoms with van der Waals surface area (Å²) in [7, 11) is 0. The Hall–Kier alpha value is -2.07. The molecule has 2 rings (SSSR count). The third kappa shape index (κ3) is 4.20. The molecule has 21 heavy (non-hydrogen) atoms. The molecule has 0 fully saturated rings. The van der Waals surface area contributed by atoms with Crippen LogP contribution in [0.4, 0.5) is 11.5 Å². The third-order valence-electron chi connectivity index (χ3n) is 3.70. The van der Waals surface area contributed by atoms with Crippen molar-refractivity contribution in [2.24, 2.45) is 0 Å². The number of rotatable bonds is 7. The van der Waals surface area contributed by atoms with E-state index in [1.165, 1.54) is 5.56 Å². The summed E-state index contributed by atoms with van der Waals surface area (Å²) in [6.45, 7) is 7.22. The Morgan fingerprint density at radius 1 is 1.14 bits per heavy atom. The second-order valence-corrected chi connectivity index (χ2v) is 5.00. The Morgan fingerprint density at radius 3 is 2.48 bits per heavy atom. The highest BCUT2D eigenvalue weighted by molar-refractivity contribution is 5.48. The van der Waals surface area contributed by atoms with Crippen molar-refractivity contribution in [3.8, 4) is 0 Å². The molecule has 0 saturated heterocycles. The van der Waals surface area contributed by atoms with Crippen LogP contribution in [-0.2, 0) is 0 Å². The maximum atomic E-state index is 5.80. The molecule has 1 aromatic carbocycles. The minimum Gasteiger partial charge on any atom is -0.399 e. The number of nitrogen functional groups attached to an aromatic ring is 1. The van der Waals surface area contributed by atoms with Gasteiger partial charge in [0.15, 0.2) is 0 Å². The number of nitrogens with one attached hydrogen (secondary N) is 1. The second kappa shape index (κ2) is 7.64. The molecule has 112 valence electrons. The lowest BCUT2D eigenvalue weighted by atomic mass is 10.1. The molecule has 1 atom stereocenters. The van der Waals surface area contributed by atoms with E-state index in [0.29, 0.717) is 6.04 Å². The van der Waals surface area contributed by atoms with Gasteiger partial charge in [-0.1, -0.05) is 44.2 Å². The van der Waals surface area contributed by atoms with Crippen LogP contribution in [0.15, 0.2) is 48.7 Å². The van der Waals surface area contributed by atoms with E-state index in [4.69, 9.17) is 5.73 Å². The van der Waals surface area contributed by atoms with Crippen molar-refractivity contribution in [1.29, 1.82) is 0 Å². The molecule has 4 nitrogen and oxygen atoms in total. The Bertz CT molecular complexity index is 537. The monoisotopic (exact) mass is 284 g/mol. The van der Waals surface area contributed by atoms with Gasteiger partial charge in [0.2, 0.25) is 0 Å². The fraction of sp³-hybridized carbons (Fsp3) is 0.353. The molecule has 0 aliphatic carbocycles. The molecule has 0 saturated carbocycles. The molecule has 2 aromatic rings. The van der Waals surface area contributed by atoms with Gasteiger partial charge in [0.25, 0.3) is 0 Å². The summed E-state index contributed by atoms with van der Waals surface area (Å²) in [6.07, 6.45) is 1.73. The molecule has 0 aliphatic rings. The normalized spacial score (nSPS) is 12.3. The maximum absolute atomic E-state index is 5.80. The van der Waals surface area contributed by atoms with E-state index in [2.05, 4.69) is 59.4 Å². The number of benzene rings is 1. The number of anilines is 2. The Balaban J connectivity index is 2.13. The molecule has 0 aliphatic heterocycles. The first-order chi connectivity index (χ1) is 10.2. The smallest absolute Gasteiger partial charge is 0.128 e. The maximum Gasteiger partial charge on any atom is 0.128 e. The summed E-state index contributed by atoms with van der Waals surface area (Å²) in [4.78, 5) is 6.75. The summed E-state index contributed by atoms with van der Waals surface area (Å²) in [5.41, 5.74) is 7.84. The standard InChI is InChI=1S/C17H24N4/c1-3-21(4-2)16(14-8-6-5-7-9-14)13-20-17-12-15(18)10-11-19-17/h5-12,16H,3-4,13H2,1-2H3,(H3,18,19,20). The predicted octanol–water partition coefficient (Wildman–Crippen LogP) is 3.16.